The quantitative estimate of drug-likeness (QED) is 0.866. The second-order valence-electron chi connectivity index (χ2n) is 3.88. The summed E-state index contributed by atoms with van der Waals surface area (Å²) in [6.07, 6.45) is 0.299. The first kappa shape index (κ1) is 12.4. The van der Waals surface area contributed by atoms with Gasteiger partial charge >= 0.3 is 0 Å². The average molecular weight is 255 g/mol. The molecule has 1 amide bonds. The molecule has 1 aromatic rings. The van der Waals surface area contributed by atoms with E-state index in [1.54, 1.807) is 6.07 Å². The van der Waals surface area contributed by atoms with E-state index in [4.69, 9.17) is 5.11 Å². The van der Waals surface area contributed by atoms with Gasteiger partial charge < -0.3 is 10.4 Å². The monoisotopic (exact) mass is 255 g/mol. The maximum Gasteiger partial charge on any atom is 0.245 e. The van der Waals surface area contributed by atoms with Crippen molar-refractivity contribution in [3.05, 3.63) is 29.6 Å². The van der Waals surface area contributed by atoms with Gasteiger partial charge in [0.1, 0.15) is 10.6 Å². The van der Waals surface area contributed by atoms with E-state index in [1.807, 2.05) is 6.92 Å². The number of fused-ring (bicyclic) bond motifs is 1. The lowest BCUT2D eigenvalue weighted by atomic mass is 9.96. The summed E-state index contributed by atoms with van der Waals surface area (Å²) in [6, 6.07) is 4.27. The molecule has 5 heteroatoms. The number of hydrogen-bond acceptors (Lipinski definition) is 3. The van der Waals surface area contributed by atoms with E-state index in [0.29, 0.717) is 17.7 Å². The molecule has 2 N–H and O–H groups in total. The van der Waals surface area contributed by atoms with Crippen LogP contribution in [0.5, 0.6) is 0 Å². The Morgan fingerprint density at radius 2 is 2.29 bits per heavy atom. The first-order chi connectivity index (χ1) is 8.14. The fourth-order valence-electron chi connectivity index (χ4n) is 2.17. The Labute approximate surface area is 103 Å². The van der Waals surface area contributed by atoms with Crippen molar-refractivity contribution in [1.82, 2.24) is 0 Å². The van der Waals surface area contributed by atoms with Crippen molar-refractivity contribution in [3.8, 4) is 0 Å². The Morgan fingerprint density at radius 1 is 1.53 bits per heavy atom. The number of aliphatic hydroxyl groups excluding tert-OH is 1. The van der Waals surface area contributed by atoms with Crippen LogP contribution in [-0.2, 0) is 9.54 Å². The molecule has 2 rings (SSSR count). The minimum Gasteiger partial charge on any atom is -0.396 e. The maximum absolute atomic E-state index is 13.3. The summed E-state index contributed by atoms with van der Waals surface area (Å²) >= 11 is 1.43. The van der Waals surface area contributed by atoms with Gasteiger partial charge in [0.25, 0.3) is 0 Å². The van der Waals surface area contributed by atoms with Gasteiger partial charge in [-0.15, -0.1) is 11.8 Å². The lowest BCUT2D eigenvalue weighted by Gasteiger charge is -2.25. The zero-order valence-electron chi connectivity index (χ0n) is 9.50. The van der Waals surface area contributed by atoms with Gasteiger partial charge in [-0.05, 0) is 30.4 Å². The van der Waals surface area contributed by atoms with Crippen LogP contribution in [0.2, 0.25) is 0 Å². The predicted molar refractivity (Wildman–Crippen MR) is 66.5 cm³/mol. The van der Waals surface area contributed by atoms with Crippen LogP contribution in [0, 0.1) is 5.82 Å². The second-order valence-corrected chi connectivity index (χ2v) is 5.44. The number of hydrogen-bond donors (Lipinski definition) is 2. The van der Waals surface area contributed by atoms with Crippen LogP contribution in [-0.4, -0.2) is 23.4 Å². The molecule has 1 aliphatic rings. The van der Waals surface area contributed by atoms with Gasteiger partial charge in [0, 0.05) is 17.9 Å². The highest BCUT2D eigenvalue weighted by atomic mass is 32.2. The van der Waals surface area contributed by atoms with Crippen LogP contribution < -0.4 is 5.32 Å². The van der Waals surface area contributed by atoms with Crippen LogP contribution in [0.15, 0.2) is 18.2 Å². The number of thioether (sulfide) groups is 1. The SMILES string of the molecule is CCSC1(CCO)C(=O)Nc2ccc(F)cc21. The van der Waals surface area contributed by atoms with E-state index in [0.717, 1.165) is 5.75 Å². The largest absolute Gasteiger partial charge is 0.396 e. The van der Waals surface area contributed by atoms with Gasteiger partial charge in [-0.1, -0.05) is 6.92 Å². The maximum atomic E-state index is 13.3. The number of benzene rings is 1. The molecule has 0 aromatic heterocycles. The molecule has 1 heterocycles. The van der Waals surface area contributed by atoms with E-state index in [1.165, 1.54) is 23.9 Å². The molecule has 0 saturated heterocycles. The Balaban J connectivity index is 2.52. The van der Waals surface area contributed by atoms with Crippen molar-refractivity contribution in [3.63, 3.8) is 0 Å². The van der Waals surface area contributed by atoms with Crippen LogP contribution in [0.4, 0.5) is 10.1 Å². The molecule has 1 unspecified atom stereocenters. The van der Waals surface area contributed by atoms with E-state index in [2.05, 4.69) is 5.32 Å². The summed E-state index contributed by atoms with van der Waals surface area (Å²) in [5.41, 5.74) is 1.29. The van der Waals surface area contributed by atoms with Crippen molar-refractivity contribution in [2.45, 2.75) is 18.1 Å². The third-order valence-corrected chi connectivity index (χ3v) is 4.28. The Hall–Kier alpha value is -1.07. The highest BCUT2D eigenvalue weighted by molar-refractivity contribution is 8.01. The number of halogens is 1. The zero-order valence-corrected chi connectivity index (χ0v) is 10.3. The molecule has 0 bridgehead atoms. The van der Waals surface area contributed by atoms with Gasteiger partial charge in [0.2, 0.25) is 5.91 Å². The van der Waals surface area contributed by atoms with Crippen molar-refractivity contribution in [1.29, 1.82) is 0 Å². The van der Waals surface area contributed by atoms with Gasteiger partial charge in [-0.2, -0.15) is 0 Å². The van der Waals surface area contributed by atoms with E-state index < -0.39 is 4.75 Å². The second kappa shape index (κ2) is 4.66. The first-order valence-corrected chi connectivity index (χ1v) is 6.49. The number of nitrogens with one attached hydrogen (secondary N) is 1. The molecule has 92 valence electrons. The fraction of sp³-hybridized carbons (Fsp3) is 0.417. The molecule has 0 spiro atoms. The number of carbonyl (C=O) groups excluding carboxylic acids is 1. The highest BCUT2D eigenvalue weighted by Crippen LogP contribution is 2.48. The van der Waals surface area contributed by atoms with Crippen LogP contribution in [0.3, 0.4) is 0 Å². The lowest BCUT2D eigenvalue weighted by Crippen LogP contribution is -2.32. The van der Waals surface area contributed by atoms with Gasteiger partial charge in [-0.3, -0.25) is 4.79 Å². The molecule has 1 atom stereocenters. The Bertz CT molecular complexity index is 444. The lowest BCUT2D eigenvalue weighted by molar-refractivity contribution is -0.118. The molecule has 0 radical (unpaired) electrons. The van der Waals surface area contributed by atoms with Crippen molar-refractivity contribution in [2.75, 3.05) is 17.7 Å². The van der Waals surface area contributed by atoms with E-state index in [9.17, 15) is 9.18 Å². The van der Waals surface area contributed by atoms with Gasteiger partial charge in [-0.25, -0.2) is 4.39 Å². The molecule has 1 aromatic carbocycles. The van der Waals surface area contributed by atoms with Crippen molar-refractivity contribution in [2.24, 2.45) is 0 Å². The average Bonchev–Trinajstić information content (AvgIpc) is 2.54. The molecule has 1 aliphatic heterocycles. The number of anilines is 1. The predicted octanol–water partition coefficient (Wildman–Crippen LogP) is 2.11. The third kappa shape index (κ3) is 1.93. The summed E-state index contributed by atoms with van der Waals surface area (Å²) in [6.45, 7) is 1.84. The van der Waals surface area contributed by atoms with Crippen LogP contribution in [0.25, 0.3) is 0 Å². The summed E-state index contributed by atoms with van der Waals surface area (Å²) in [5.74, 6) is 0.196. The molecular weight excluding hydrogens is 241 g/mol. The topological polar surface area (TPSA) is 49.3 Å². The molecular formula is C12H14FNO2S. The summed E-state index contributed by atoms with van der Waals surface area (Å²) in [5, 5.41) is 11.9. The summed E-state index contributed by atoms with van der Waals surface area (Å²) < 4.78 is 12.5. The molecule has 0 saturated carbocycles. The van der Waals surface area contributed by atoms with Gasteiger partial charge in [0.05, 0.1) is 0 Å². The molecule has 0 fully saturated rings. The first-order valence-electron chi connectivity index (χ1n) is 5.50. The van der Waals surface area contributed by atoms with E-state index in [-0.39, 0.29) is 18.3 Å². The number of rotatable bonds is 4. The molecule has 3 nitrogen and oxygen atoms in total. The molecule has 0 aliphatic carbocycles. The summed E-state index contributed by atoms with van der Waals surface area (Å²) in [7, 11) is 0. The van der Waals surface area contributed by atoms with E-state index >= 15 is 0 Å². The number of carbonyl (C=O) groups is 1. The smallest absolute Gasteiger partial charge is 0.245 e. The minimum atomic E-state index is -0.846. The fourth-order valence-corrected chi connectivity index (χ4v) is 3.41. The summed E-state index contributed by atoms with van der Waals surface area (Å²) in [4.78, 5) is 12.1. The Kier molecular flexibility index (Phi) is 3.40. The zero-order chi connectivity index (χ0) is 12.5. The highest BCUT2D eigenvalue weighted by Gasteiger charge is 2.46. The van der Waals surface area contributed by atoms with Crippen molar-refractivity contribution >= 4 is 23.4 Å². The van der Waals surface area contributed by atoms with Gasteiger partial charge in [0.15, 0.2) is 0 Å². The standard InChI is InChI=1S/C12H14FNO2S/c1-2-17-12(5-6-15)9-7-8(13)3-4-10(9)14-11(12)16/h3-4,7,15H,2,5-6H2,1H3,(H,14,16). The van der Waals surface area contributed by atoms with Crippen molar-refractivity contribution < 1.29 is 14.3 Å². The third-order valence-electron chi connectivity index (χ3n) is 2.89. The normalized spacial score (nSPS) is 22.4. The van der Waals surface area contributed by atoms with Crippen LogP contribution >= 0.6 is 11.8 Å². The van der Waals surface area contributed by atoms with Crippen LogP contribution in [0.1, 0.15) is 18.9 Å². The Morgan fingerprint density at radius 3 is 2.94 bits per heavy atom. The molecule has 17 heavy (non-hydrogen) atoms. The number of amides is 1. The minimum absolute atomic E-state index is 0.101. The number of aliphatic hydroxyl groups is 1.